The minimum absolute atomic E-state index is 0.307. The standard InChI is InChI=1S/C11H8N2O4/c14-11(12-8-4-2-1-3-5-8)10-9(13(15)16)6-7-17-10/h1-7H,(H,12,14). The van der Waals surface area contributed by atoms with E-state index in [2.05, 4.69) is 5.32 Å². The molecular formula is C11H8N2O4. The number of nitrogens with one attached hydrogen (secondary N) is 1. The Morgan fingerprint density at radius 3 is 2.59 bits per heavy atom. The third-order valence-electron chi connectivity index (χ3n) is 2.08. The van der Waals surface area contributed by atoms with Gasteiger partial charge in [0.2, 0.25) is 0 Å². The molecule has 1 aromatic heterocycles. The Balaban J connectivity index is 2.21. The van der Waals surface area contributed by atoms with E-state index in [0.717, 1.165) is 12.3 Å². The van der Waals surface area contributed by atoms with Crippen molar-refractivity contribution in [3.63, 3.8) is 0 Å². The van der Waals surface area contributed by atoms with Crippen LogP contribution >= 0.6 is 0 Å². The van der Waals surface area contributed by atoms with Gasteiger partial charge in [0.05, 0.1) is 17.3 Å². The van der Waals surface area contributed by atoms with Crippen LogP contribution in [0.4, 0.5) is 11.4 Å². The van der Waals surface area contributed by atoms with Gasteiger partial charge in [0.15, 0.2) is 0 Å². The van der Waals surface area contributed by atoms with E-state index in [1.807, 2.05) is 0 Å². The topological polar surface area (TPSA) is 85.4 Å². The summed E-state index contributed by atoms with van der Waals surface area (Å²) < 4.78 is 4.81. The quantitative estimate of drug-likeness (QED) is 0.650. The van der Waals surface area contributed by atoms with E-state index in [9.17, 15) is 14.9 Å². The molecule has 0 saturated carbocycles. The van der Waals surface area contributed by atoms with Crippen molar-refractivity contribution < 1.29 is 14.1 Å². The van der Waals surface area contributed by atoms with Crippen LogP contribution in [0.5, 0.6) is 0 Å². The van der Waals surface area contributed by atoms with Gasteiger partial charge >= 0.3 is 5.69 Å². The smallest absolute Gasteiger partial charge is 0.320 e. The number of furan rings is 1. The van der Waals surface area contributed by atoms with Gasteiger partial charge in [-0.05, 0) is 12.1 Å². The monoisotopic (exact) mass is 232 g/mol. The van der Waals surface area contributed by atoms with Crippen LogP contribution in [0.15, 0.2) is 47.1 Å². The van der Waals surface area contributed by atoms with E-state index < -0.39 is 10.8 Å². The number of para-hydroxylation sites is 1. The summed E-state index contributed by atoms with van der Waals surface area (Å²) in [4.78, 5) is 21.6. The van der Waals surface area contributed by atoms with Crippen LogP contribution in [-0.2, 0) is 0 Å². The second kappa shape index (κ2) is 4.48. The van der Waals surface area contributed by atoms with Gasteiger partial charge in [-0.3, -0.25) is 14.9 Å². The molecule has 0 spiro atoms. The minimum Gasteiger partial charge on any atom is -0.453 e. The number of nitrogens with zero attached hydrogens (tertiary/aromatic N) is 1. The summed E-state index contributed by atoms with van der Waals surface area (Å²) in [7, 11) is 0. The van der Waals surface area contributed by atoms with Crippen LogP contribution in [0, 0.1) is 10.1 Å². The van der Waals surface area contributed by atoms with Crippen LogP contribution in [-0.4, -0.2) is 10.8 Å². The number of rotatable bonds is 3. The van der Waals surface area contributed by atoms with Crippen LogP contribution in [0.3, 0.4) is 0 Å². The molecule has 0 atom stereocenters. The first-order valence-electron chi connectivity index (χ1n) is 4.77. The Kier molecular flexibility index (Phi) is 2.87. The van der Waals surface area contributed by atoms with E-state index in [1.54, 1.807) is 30.3 Å². The highest BCUT2D eigenvalue weighted by Crippen LogP contribution is 2.20. The lowest BCUT2D eigenvalue weighted by Crippen LogP contribution is -2.12. The Morgan fingerprint density at radius 1 is 1.24 bits per heavy atom. The van der Waals surface area contributed by atoms with Gasteiger partial charge in [-0.2, -0.15) is 0 Å². The first kappa shape index (κ1) is 10.9. The lowest BCUT2D eigenvalue weighted by Gasteiger charge is -2.01. The summed E-state index contributed by atoms with van der Waals surface area (Å²) in [6, 6.07) is 9.77. The van der Waals surface area contributed by atoms with E-state index >= 15 is 0 Å². The lowest BCUT2D eigenvalue weighted by atomic mass is 10.3. The number of carbonyl (C=O) groups is 1. The first-order chi connectivity index (χ1) is 8.18. The maximum absolute atomic E-state index is 11.7. The highest BCUT2D eigenvalue weighted by atomic mass is 16.6. The molecule has 2 rings (SSSR count). The average molecular weight is 232 g/mol. The zero-order valence-electron chi connectivity index (χ0n) is 8.62. The Bertz CT molecular complexity index is 548. The van der Waals surface area contributed by atoms with Crippen LogP contribution in [0.2, 0.25) is 0 Å². The van der Waals surface area contributed by atoms with Gasteiger partial charge in [0.25, 0.3) is 11.7 Å². The number of hydrogen-bond acceptors (Lipinski definition) is 4. The summed E-state index contributed by atoms with van der Waals surface area (Å²) in [6.07, 6.45) is 1.11. The summed E-state index contributed by atoms with van der Waals surface area (Å²) in [5.74, 6) is -0.952. The number of hydrogen-bond donors (Lipinski definition) is 1. The van der Waals surface area contributed by atoms with Crippen molar-refractivity contribution in [1.82, 2.24) is 0 Å². The summed E-state index contributed by atoms with van der Waals surface area (Å²) in [5, 5.41) is 13.1. The molecule has 0 bridgehead atoms. The molecule has 0 aliphatic carbocycles. The van der Waals surface area contributed by atoms with E-state index in [-0.39, 0.29) is 11.4 Å². The van der Waals surface area contributed by atoms with Crippen molar-refractivity contribution in [3.05, 3.63) is 58.5 Å². The molecule has 6 nitrogen and oxygen atoms in total. The van der Waals surface area contributed by atoms with Crippen molar-refractivity contribution in [3.8, 4) is 0 Å². The van der Waals surface area contributed by atoms with Crippen molar-refractivity contribution in [1.29, 1.82) is 0 Å². The largest absolute Gasteiger partial charge is 0.453 e. The third-order valence-corrected chi connectivity index (χ3v) is 2.08. The van der Waals surface area contributed by atoms with Crippen molar-refractivity contribution in [2.45, 2.75) is 0 Å². The van der Waals surface area contributed by atoms with Crippen LogP contribution in [0.25, 0.3) is 0 Å². The molecule has 1 aromatic carbocycles. The zero-order chi connectivity index (χ0) is 12.3. The fourth-order valence-electron chi connectivity index (χ4n) is 1.33. The van der Waals surface area contributed by atoms with Gasteiger partial charge in [-0.15, -0.1) is 0 Å². The number of anilines is 1. The molecule has 1 heterocycles. The maximum Gasteiger partial charge on any atom is 0.320 e. The normalized spacial score (nSPS) is 9.88. The van der Waals surface area contributed by atoms with Crippen LogP contribution in [0.1, 0.15) is 10.6 Å². The van der Waals surface area contributed by atoms with Crippen molar-refractivity contribution in [2.75, 3.05) is 5.32 Å². The molecule has 0 aliphatic heterocycles. The maximum atomic E-state index is 11.7. The van der Waals surface area contributed by atoms with Gasteiger partial charge in [-0.1, -0.05) is 18.2 Å². The molecule has 0 unspecified atom stereocenters. The number of nitro groups is 1. The second-order valence-electron chi connectivity index (χ2n) is 3.21. The Hall–Kier alpha value is -2.63. The van der Waals surface area contributed by atoms with Crippen molar-refractivity contribution in [2.24, 2.45) is 0 Å². The van der Waals surface area contributed by atoms with E-state index in [4.69, 9.17) is 4.42 Å². The van der Waals surface area contributed by atoms with E-state index in [0.29, 0.717) is 5.69 Å². The Morgan fingerprint density at radius 2 is 1.94 bits per heavy atom. The number of amides is 1. The van der Waals surface area contributed by atoms with E-state index in [1.165, 1.54) is 0 Å². The fourth-order valence-corrected chi connectivity index (χ4v) is 1.33. The lowest BCUT2D eigenvalue weighted by molar-refractivity contribution is -0.385. The second-order valence-corrected chi connectivity index (χ2v) is 3.21. The molecule has 2 aromatic rings. The molecule has 0 aliphatic rings. The third kappa shape index (κ3) is 2.31. The minimum atomic E-state index is -0.663. The SMILES string of the molecule is O=C(Nc1ccccc1)c1occc1[N+](=O)[O-]. The molecule has 0 saturated heterocycles. The summed E-state index contributed by atoms with van der Waals surface area (Å²) in [6.45, 7) is 0. The molecule has 86 valence electrons. The van der Waals surface area contributed by atoms with Gasteiger partial charge < -0.3 is 9.73 Å². The van der Waals surface area contributed by atoms with Crippen molar-refractivity contribution >= 4 is 17.3 Å². The molecule has 1 amide bonds. The first-order valence-corrected chi connectivity index (χ1v) is 4.77. The van der Waals surface area contributed by atoms with Gasteiger partial charge in [-0.25, -0.2) is 0 Å². The fraction of sp³-hybridized carbons (Fsp3) is 0. The average Bonchev–Trinajstić information content (AvgIpc) is 2.79. The molecule has 6 heteroatoms. The van der Waals surface area contributed by atoms with Gasteiger partial charge in [0.1, 0.15) is 0 Å². The van der Waals surface area contributed by atoms with Gasteiger partial charge in [0, 0.05) is 5.69 Å². The zero-order valence-corrected chi connectivity index (χ0v) is 8.62. The molecule has 0 fully saturated rings. The number of benzene rings is 1. The number of carbonyl (C=O) groups excluding carboxylic acids is 1. The molecule has 1 N–H and O–H groups in total. The molecular weight excluding hydrogens is 224 g/mol. The highest BCUT2D eigenvalue weighted by Gasteiger charge is 2.23. The highest BCUT2D eigenvalue weighted by molar-refractivity contribution is 6.04. The Labute approximate surface area is 96.0 Å². The molecule has 17 heavy (non-hydrogen) atoms. The summed E-state index contributed by atoms with van der Waals surface area (Å²) in [5.41, 5.74) is 0.196. The predicted octanol–water partition coefficient (Wildman–Crippen LogP) is 2.44. The van der Waals surface area contributed by atoms with Crippen LogP contribution < -0.4 is 5.32 Å². The molecule has 0 radical (unpaired) electrons. The predicted molar refractivity (Wildman–Crippen MR) is 59.8 cm³/mol. The summed E-state index contributed by atoms with van der Waals surface area (Å²) >= 11 is 0.